The number of carbonyl (C=O) groups excluding carboxylic acids is 5. The topological polar surface area (TPSA) is 327 Å². The number of rotatable bonds is 26. The molecule has 147 heavy (non-hydrogen) atoms. The highest BCUT2D eigenvalue weighted by Gasteiger charge is 2.75. The van der Waals surface area contributed by atoms with Crippen LogP contribution in [0.1, 0.15) is 342 Å². The summed E-state index contributed by atoms with van der Waals surface area (Å²) in [5, 5.41) is 66.3. The molecule has 0 saturated heterocycles. The summed E-state index contributed by atoms with van der Waals surface area (Å²) in [5.74, 6) is -8.84. The zero-order chi connectivity index (χ0) is 114. The number of sulfonamides is 1. The minimum Gasteiger partial charge on any atom is -0.481 e. The lowest BCUT2D eigenvalue weighted by atomic mass is 9.67. The Morgan fingerprint density at radius 3 is 0.986 bits per heavy atom. The number of nitrogens with one attached hydrogen (secondary N) is 1. The van der Waals surface area contributed by atoms with Crippen LogP contribution in [0, 0.1) is 127 Å². The predicted molar refractivity (Wildman–Crippen MR) is 493 cm³/mol. The van der Waals surface area contributed by atoms with E-state index in [-0.39, 0.29) is 105 Å². The second kappa shape index (κ2) is 51.1. The van der Waals surface area contributed by atoms with Crippen LogP contribution in [0.15, 0.2) is 0 Å². The Hall–Kier alpha value is -5.36. The van der Waals surface area contributed by atoms with Gasteiger partial charge in [-0.15, -0.1) is 0 Å². The van der Waals surface area contributed by atoms with E-state index in [9.17, 15) is 181 Å². The number of alkyl halides is 27. The summed E-state index contributed by atoms with van der Waals surface area (Å²) in [6.45, 7) is 37.0. The molecule has 0 spiro atoms. The molecule has 0 aromatic carbocycles. The number of carboxylic acid groups (broad SMARTS) is 1. The van der Waals surface area contributed by atoms with Gasteiger partial charge in [-0.25, -0.2) is 8.42 Å². The SMILES string of the molecule is C.C.C.CC1C2CC(CC(O)(C(F)(F)F)C(F)(F)F)C(C2)C1C.CCC(C)(C)C(=O)NS(C)(=O)=O.CCC(C)(C)C(=O)O.CCC(C)(C)C(=O)OC.CCC(C)(C)C(=O)OC(CC(O)(C(F)(F)F)C(F)(F)F)C1CC2CCC1C2.CCC(C)(C)C(=O)OC1CC(C(C)(O)C(F)(F)F)CC(C(C)(O)C(F)(F)F)C1.CCC(C)(C)C(=O)OC1CC2CC1CC2C(C)(O)C(F)(F)F.OC(CC1CC2CCC1C2)(C(F)(F)F)C(F)(F)F. The molecule has 21 unspecified atom stereocenters. The summed E-state index contributed by atoms with van der Waals surface area (Å²) in [5.41, 5.74) is -27.4. The number of hydrogen-bond donors (Lipinski definition) is 8. The maximum absolute atomic E-state index is 13.3. The smallest absolute Gasteiger partial charge is 0.426 e. The quantitative estimate of drug-likeness (QED) is 0.0227. The summed E-state index contributed by atoms with van der Waals surface area (Å²) in [6, 6.07) is 0. The Morgan fingerprint density at radius 1 is 0.354 bits per heavy atom. The van der Waals surface area contributed by atoms with Gasteiger partial charge in [0.25, 0.3) is 16.8 Å². The average molecular weight is 2220 g/mol. The molecule has 0 radical (unpaired) electrons. The highest BCUT2D eigenvalue weighted by molar-refractivity contribution is 7.89. The Balaban J connectivity index is 0. The zero-order valence-corrected chi connectivity index (χ0v) is 87.1. The lowest BCUT2D eigenvalue weighted by molar-refractivity contribution is -0.375. The molecule has 9 fully saturated rings. The molecule has 874 valence electrons. The normalized spacial score (nSPS) is 27.4. The van der Waals surface area contributed by atoms with E-state index in [0.29, 0.717) is 116 Å². The van der Waals surface area contributed by atoms with Gasteiger partial charge >= 0.3 is 85.4 Å². The third-order valence-electron chi connectivity index (χ3n) is 33.1. The van der Waals surface area contributed by atoms with Gasteiger partial charge in [0.05, 0.1) is 40.4 Å². The molecule has 9 aliphatic rings. The Morgan fingerprint density at radius 2 is 0.707 bits per heavy atom. The lowest BCUT2D eigenvalue weighted by Gasteiger charge is -2.46. The molecule has 0 aliphatic heterocycles. The molecule has 9 aliphatic carbocycles. The molecule has 48 heteroatoms. The van der Waals surface area contributed by atoms with Crippen LogP contribution in [0.2, 0.25) is 0 Å². The molecule has 8 bridgehead atoms. The summed E-state index contributed by atoms with van der Waals surface area (Å²) >= 11 is 0. The highest BCUT2D eigenvalue weighted by atomic mass is 32.2. The molecular formula is C99H164F27NO19S. The summed E-state index contributed by atoms with van der Waals surface area (Å²) in [6.07, 6.45) is -46.4. The second-order valence-corrected chi connectivity index (χ2v) is 47.3. The minimum absolute atomic E-state index is 0. The molecule has 8 N–H and O–H groups in total. The fourth-order valence-electron chi connectivity index (χ4n) is 19.6. The van der Waals surface area contributed by atoms with E-state index in [1.165, 1.54) is 21.0 Å². The summed E-state index contributed by atoms with van der Waals surface area (Å²) in [4.78, 5) is 69.1. The molecule has 9 saturated carbocycles. The van der Waals surface area contributed by atoms with Gasteiger partial charge in [0.2, 0.25) is 15.9 Å². The highest BCUT2D eigenvalue weighted by Crippen LogP contribution is 2.63. The van der Waals surface area contributed by atoms with Crippen molar-refractivity contribution in [1.82, 2.24) is 4.72 Å². The average Bonchev–Trinajstić information content (AvgIpc) is 1.42. The zero-order valence-electron chi connectivity index (χ0n) is 86.3. The van der Waals surface area contributed by atoms with Gasteiger partial charge in [0.1, 0.15) is 18.3 Å². The number of amides is 1. The maximum Gasteiger partial charge on any atom is 0.426 e. The van der Waals surface area contributed by atoms with E-state index in [0.717, 1.165) is 32.4 Å². The number of methoxy groups -OCH3 is 1. The molecule has 9 rings (SSSR count). The van der Waals surface area contributed by atoms with E-state index in [4.69, 9.17) is 24.4 Å². The molecule has 0 aromatic rings. The first kappa shape index (κ1) is 144. The number of ether oxygens (including phenoxy) is 4. The van der Waals surface area contributed by atoms with Crippen LogP contribution < -0.4 is 4.72 Å². The van der Waals surface area contributed by atoms with Crippen LogP contribution in [0.25, 0.3) is 0 Å². The predicted octanol–water partition coefficient (Wildman–Crippen LogP) is 26.4. The molecule has 0 heterocycles. The van der Waals surface area contributed by atoms with Crippen molar-refractivity contribution >= 4 is 45.8 Å². The van der Waals surface area contributed by atoms with Crippen molar-refractivity contribution in [2.45, 2.75) is 450 Å². The first-order valence-corrected chi connectivity index (χ1v) is 50.3. The van der Waals surface area contributed by atoms with Crippen LogP contribution >= 0.6 is 0 Å². The Bertz CT molecular complexity index is 4180. The van der Waals surface area contributed by atoms with Gasteiger partial charge in [0, 0.05) is 23.7 Å². The van der Waals surface area contributed by atoms with Gasteiger partial charge < -0.3 is 54.7 Å². The number of esters is 4. The van der Waals surface area contributed by atoms with Crippen molar-refractivity contribution in [3.8, 4) is 0 Å². The van der Waals surface area contributed by atoms with E-state index >= 15 is 0 Å². The van der Waals surface area contributed by atoms with Crippen molar-refractivity contribution in [2.24, 2.45) is 127 Å². The number of aliphatic hydroxyl groups is 6. The van der Waals surface area contributed by atoms with Crippen LogP contribution in [0.5, 0.6) is 0 Å². The van der Waals surface area contributed by atoms with Crippen LogP contribution in [0.4, 0.5) is 119 Å². The minimum atomic E-state index is -5.92. The summed E-state index contributed by atoms with van der Waals surface area (Å²) in [7, 11) is -2.00. The molecule has 20 nitrogen and oxygen atoms in total. The number of aliphatic carboxylic acids is 1. The van der Waals surface area contributed by atoms with Crippen LogP contribution in [0.3, 0.4) is 0 Å². The first-order chi connectivity index (χ1) is 64.0. The van der Waals surface area contributed by atoms with Crippen molar-refractivity contribution < 1.29 is 210 Å². The largest absolute Gasteiger partial charge is 0.481 e. The van der Waals surface area contributed by atoms with Crippen molar-refractivity contribution in [3.63, 3.8) is 0 Å². The van der Waals surface area contributed by atoms with E-state index in [1.807, 2.05) is 60.1 Å². The van der Waals surface area contributed by atoms with Crippen molar-refractivity contribution in [1.29, 1.82) is 0 Å². The Kier molecular flexibility index (Phi) is 50.0. The van der Waals surface area contributed by atoms with Gasteiger partial charge in [-0.05, 0) is 314 Å². The van der Waals surface area contributed by atoms with Crippen molar-refractivity contribution in [3.05, 3.63) is 0 Å². The Labute approximate surface area is 847 Å². The maximum atomic E-state index is 13.3. The molecule has 0 aromatic heterocycles. The standard InChI is InChI=1S/C18H28F6O4.C18H26F6O3.C16H25F3O3.C13H18F6O.C11H14F6O.C7H15NO3S.C7H14O2.C6H12O2.3CH4/c1-6-14(2,3)13(25)28-12-8-10(15(4,26)17(19,20)21)7-11(9-12)16(5,27)18(22,23)24;1-4-15(2,3)14(25)27-13(12-8-10-5-6-11(12)7-10)9-16(26,17(19,20)21)18(22,23)24;1-5-14(2,3)13(20)22-12-8-9-6-10(12)7-11(9)15(4,21)16(17,18)19;1-6-7(2)10-4-8(6)3-9(10)5-11(20,12(14,15)16)13(17,18)19;12-10(13,14)9(18,11(15,16)17)5-8-4-6-1-2-7(8)3-6;1-5-7(2,3)6(9)8-12(4,10)11;1-5-7(2,3)6(8)9-4;1-4-6(2,3)5(7)8;;;/h10-12,26-27H,6-9H2,1-5H3;10-13,26H,4-9H2,1-3H3;9-12,21H,5-8H2,1-4H3;6-10,20H,3-5H2,1-2H3;6-8,18H,1-5H2;5H2,1-4H3,(H,8,9);5H2,1-4H3;4H2,1-3H3,(H,7,8);3*1H4. The third kappa shape index (κ3) is 35.6. The van der Waals surface area contributed by atoms with Gasteiger partial charge in [-0.1, -0.05) is 104 Å². The first-order valence-electron chi connectivity index (χ1n) is 48.4. The van der Waals surface area contributed by atoms with Gasteiger partial charge in [-0.3, -0.25) is 33.5 Å². The lowest BCUT2D eigenvalue weighted by Crippen LogP contribution is -2.59. The van der Waals surface area contributed by atoms with Crippen molar-refractivity contribution in [2.75, 3.05) is 13.4 Å². The number of carbonyl (C=O) groups is 6. The number of fused-ring (bicyclic) bond motifs is 8. The second-order valence-electron chi connectivity index (χ2n) is 45.5. The monoisotopic (exact) mass is 2220 g/mol. The van der Waals surface area contributed by atoms with E-state index < -0.39 is 236 Å². The van der Waals surface area contributed by atoms with Gasteiger partial charge in [0.15, 0.2) is 16.8 Å². The fraction of sp³-hybridized carbons (Fsp3) is 0.939. The molecule has 21 atom stereocenters. The number of halogens is 27. The molecule has 1 amide bonds. The summed E-state index contributed by atoms with van der Waals surface area (Å²) < 4.78 is 393. The third-order valence-corrected chi connectivity index (χ3v) is 33.6. The van der Waals surface area contributed by atoms with Gasteiger partial charge in [-0.2, -0.15) is 119 Å². The fourth-order valence-corrected chi connectivity index (χ4v) is 20.2. The van der Waals surface area contributed by atoms with Crippen LogP contribution in [-0.4, -0.2) is 201 Å². The van der Waals surface area contributed by atoms with Crippen LogP contribution in [-0.2, 0) is 57.7 Å². The number of hydrogen-bond acceptors (Lipinski definition) is 18. The van der Waals surface area contributed by atoms with E-state index in [2.05, 4.69) is 4.74 Å². The molecular weight excluding hydrogens is 2050 g/mol. The van der Waals surface area contributed by atoms with E-state index in [1.54, 1.807) is 69.2 Å². The number of carboxylic acids is 1.